The number of sulfonamides is 1. The number of aryl methyl sites for hydroxylation is 3. The van der Waals surface area contributed by atoms with Crippen molar-refractivity contribution >= 4 is 27.3 Å². The van der Waals surface area contributed by atoms with Gasteiger partial charge in [-0.2, -0.15) is 0 Å². The number of nitrogens with one attached hydrogen (secondary N) is 2. The molecule has 0 aliphatic heterocycles. The monoisotopic (exact) mass is 358 g/mol. The lowest BCUT2D eigenvalue weighted by molar-refractivity contribution is -0.117. The summed E-state index contributed by atoms with van der Waals surface area (Å²) < 4.78 is 28.2. The summed E-state index contributed by atoms with van der Waals surface area (Å²) in [6, 6.07) is 10.5. The second-order valence-electron chi connectivity index (χ2n) is 6.68. The van der Waals surface area contributed by atoms with Gasteiger partial charge < -0.3 is 5.32 Å². The van der Waals surface area contributed by atoms with Gasteiger partial charge in [-0.15, -0.1) is 0 Å². The Morgan fingerprint density at radius 2 is 1.60 bits per heavy atom. The van der Waals surface area contributed by atoms with E-state index >= 15 is 0 Å². The van der Waals surface area contributed by atoms with Crippen molar-refractivity contribution in [3.8, 4) is 0 Å². The van der Waals surface area contributed by atoms with Gasteiger partial charge in [-0.25, -0.2) is 8.42 Å². The van der Waals surface area contributed by atoms with Crippen LogP contribution >= 0.6 is 0 Å². The third-order valence-corrected chi connectivity index (χ3v) is 5.89. The molecule has 1 aliphatic carbocycles. The quantitative estimate of drug-likeness (QED) is 0.854. The lowest BCUT2D eigenvalue weighted by atomic mass is 10.1. The fourth-order valence-corrected chi connectivity index (χ4v) is 4.55. The maximum Gasteiger partial charge on any atom is 0.262 e. The fourth-order valence-electron chi connectivity index (χ4n) is 3.05. The lowest BCUT2D eigenvalue weighted by Gasteiger charge is -2.14. The Morgan fingerprint density at radius 1 is 1.00 bits per heavy atom. The summed E-state index contributed by atoms with van der Waals surface area (Å²) in [6.45, 7) is 5.53. The van der Waals surface area contributed by atoms with Crippen LogP contribution in [0.4, 0.5) is 11.4 Å². The van der Waals surface area contributed by atoms with E-state index in [0.29, 0.717) is 27.4 Å². The Bertz CT molecular complexity index is 908. The molecule has 0 unspecified atom stereocenters. The number of hydrogen-bond acceptors (Lipinski definition) is 3. The van der Waals surface area contributed by atoms with E-state index in [2.05, 4.69) is 10.0 Å². The molecule has 1 amide bonds. The van der Waals surface area contributed by atoms with Gasteiger partial charge in [0.1, 0.15) is 0 Å². The SMILES string of the molecule is Cc1cc(C)c(S(=O)(=O)Nc2cccc(NC(=O)C3CC3)c2)c(C)c1. The molecule has 0 atom stereocenters. The van der Waals surface area contributed by atoms with Crippen LogP contribution in [0.1, 0.15) is 29.5 Å². The lowest BCUT2D eigenvalue weighted by Crippen LogP contribution is -2.17. The van der Waals surface area contributed by atoms with Crippen molar-refractivity contribution in [2.75, 3.05) is 10.0 Å². The Balaban J connectivity index is 1.85. The first-order chi connectivity index (χ1) is 11.8. The van der Waals surface area contributed by atoms with E-state index in [1.807, 2.05) is 19.1 Å². The molecule has 1 saturated carbocycles. The van der Waals surface area contributed by atoms with E-state index in [1.54, 1.807) is 38.1 Å². The number of rotatable bonds is 5. The van der Waals surface area contributed by atoms with Crippen LogP contribution in [0, 0.1) is 26.7 Å². The fraction of sp³-hybridized carbons (Fsp3) is 0.316. The number of carbonyl (C=O) groups excluding carboxylic acids is 1. The minimum atomic E-state index is -3.70. The van der Waals surface area contributed by atoms with E-state index in [4.69, 9.17) is 0 Å². The first kappa shape index (κ1) is 17.5. The number of amides is 1. The second-order valence-corrected chi connectivity index (χ2v) is 8.30. The van der Waals surface area contributed by atoms with Gasteiger partial charge in [0.25, 0.3) is 10.0 Å². The van der Waals surface area contributed by atoms with Gasteiger partial charge in [-0.3, -0.25) is 9.52 Å². The number of anilines is 2. The van der Waals surface area contributed by atoms with Crippen molar-refractivity contribution in [3.63, 3.8) is 0 Å². The van der Waals surface area contributed by atoms with Gasteiger partial charge in [-0.1, -0.05) is 23.8 Å². The second kappa shape index (κ2) is 6.52. The molecule has 1 fully saturated rings. The molecule has 1 aliphatic rings. The zero-order valence-corrected chi connectivity index (χ0v) is 15.4. The summed E-state index contributed by atoms with van der Waals surface area (Å²) in [5, 5.41) is 2.83. The summed E-state index contributed by atoms with van der Waals surface area (Å²) in [4.78, 5) is 12.2. The topological polar surface area (TPSA) is 75.3 Å². The maximum absolute atomic E-state index is 12.8. The standard InChI is InChI=1S/C19H22N2O3S/c1-12-9-13(2)18(14(3)10-12)25(23,24)21-17-6-4-5-16(11-17)20-19(22)15-7-8-15/h4-6,9-11,15,21H,7-8H2,1-3H3,(H,20,22). The van der Waals surface area contributed by atoms with Gasteiger partial charge in [0.2, 0.25) is 5.91 Å². The molecule has 0 bridgehead atoms. The highest BCUT2D eigenvalue weighted by molar-refractivity contribution is 7.92. The average molecular weight is 358 g/mol. The summed E-state index contributed by atoms with van der Waals surface area (Å²) >= 11 is 0. The molecule has 2 aromatic carbocycles. The van der Waals surface area contributed by atoms with Crippen LogP contribution in [0.25, 0.3) is 0 Å². The minimum Gasteiger partial charge on any atom is -0.326 e. The van der Waals surface area contributed by atoms with Gasteiger partial charge in [0.15, 0.2) is 0 Å². The molecule has 2 N–H and O–H groups in total. The third kappa shape index (κ3) is 4.02. The molecule has 0 radical (unpaired) electrons. The highest BCUT2D eigenvalue weighted by Gasteiger charge is 2.29. The number of benzene rings is 2. The normalized spacial score (nSPS) is 14.2. The number of carbonyl (C=O) groups is 1. The Labute approximate surface area is 148 Å². The average Bonchev–Trinajstić information content (AvgIpc) is 3.29. The summed E-state index contributed by atoms with van der Waals surface area (Å²) in [5.74, 6) is 0.0865. The summed E-state index contributed by atoms with van der Waals surface area (Å²) in [6.07, 6.45) is 1.84. The highest BCUT2D eigenvalue weighted by Crippen LogP contribution is 2.31. The van der Waals surface area contributed by atoms with Crippen LogP contribution in [-0.4, -0.2) is 14.3 Å². The molecule has 0 spiro atoms. The molecule has 5 nitrogen and oxygen atoms in total. The molecule has 132 valence electrons. The first-order valence-corrected chi connectivity index (χ1v) is 9.76. The van der Waals surface area contributed by atoms with E-state index in [1.165, 1.54) is 0 Å². The van der Waals surface area contributed by atoms with Crippen LogP contribution in [0.2, 0.25) is 0 Å². The Morgan fingerprint density at radius 3 is 2.20 bits per heavy atom. The molecule has 0 heterocycles. The molecule has 2 aromatic rings. The zero-order chi connectivity index (χ0) is 18.2. The van der Waals surface area contributed by atoms with Gasteiger partial charge in [0.05, 0.1) is 10.6 Å². The van der Waals surface area contributed by atoms with Gasteiger partial charge >= 0.3 is 0 Å². The third-order valence-electron chi connectivity index (χ3n) is 4.20. The van der Waals surface area contributed by atoms with E-state index in [9.17, 15) is 13.2 Å². The molecular formula is C19H22N2O3S. The molecule has 0 aromatic heterocycles. The van der Waals surface area contributed by atoms with Crippen LogP contribution < -0.4 is 10.0 Å². The zero-order valence-electron chi connectivity index (χ0n) is 14.6. The smallest absolute Gasteiger partial charge is 0.262 e. The van der Waals surface area contributed by atoms with Gasteiger partial charge in [0, 0.05) is 11.6 Å². The minimum absolute atomic E-state index is 0.00905. The highest BCUT2D eigenvalue weighted by atomic mass is 32.2. The van der Waals surface area contributed by atoms with Crippen molar-refractivity contribution in [3.05, 3.63) is 53.1 Å². The summed E-state index contributed by atoms with van der Waals surface area (Å²) in [7, 11) is -3.70. The molecule has 6 heteroatoms. The predicted octanol–water partition coefficient (Wildman–Crippen LogP) is 3.76. The van der Waals surface area contributed by atoms with E-state index < -0.39 is 10.0 Å². The molecular weight excluding hydrogens is 336 g/mol. The summed E-state index contributed by atoms with van der Waals surface area (Å²) in [5.41, 5.74) is 3.47. The van der Waals surface area contributed by atoms with Crippen molar-refractivity contribution in [1.29, 1.82) is 0 Å². The van der Waals surface area contributed by atoms with Crippen molar-refractivity contribution in [2.45, 2.75) is 38.5 Å². The maximum atomic E-state index is 12.8. The van der Waals surface area contributed by atoms with Crippen molar-refractivity contribution < 1.29 is 13.2 Å². The molecule has 25 heavy (non-hydrogen) atoms. The van der Waals surface area contributed by atoms with Crippen molar-refractivity contribution in [2.24, 2.45) is 5.92 Å². The first-order valence-electron chi connectivity index (χ1n) is 8.28. The van der Waals surface area contributed by atoms with Gasteiger partial charge in [-0.05, 0) is 62.9 Å². The van der Waals surface area contributed by atoms with E-state index in [-0.39, 0.29) is 11.8 Å². The Hall–Kier alpha value is -2.34. The largest absolute Gasteiger partial charge is 0.326 e. The predicted molar refractivity (Wildman–Crippen MR) is 99.3 cm³/mol. The van der Waals surface area contributed by atoms with Crippen LogP contribution in [0.15, 0.2) is 41.3 Å². The number of hydrogen-bond donors (Lipinski definition) is 2. The van der Waals surface area contributed by atoms with Crippen LogP contribution in [-0.2, 0) is 14.8 Å². The Kier molecular flexibility index (Phi) is 4.56. The van der Waals surface area contributed by atoms with Crippen molar-refractivity contribution in [1.82, 2.24) is 0 Å². The van der Waals surface area contributed by atoms with Crippen LogP contribution in [0.3, 0.4) is 0 Å². The molecule has 3 rings (SSSR count). The van der Waals surface area contributed by atoms with E-state index in [0.717, 1.165) is 18.4 Å². The van der Waals surface area contributed by atoms with Crippen LogP contribution in [0.5, 0.6) is 0 Å². The molecule has 0 saturated heterocycles.